The van der Waals surface area contributed by atoms with E-state index in [1.54, 1.807) is 6.33 Å². The van der Waals surface area contributed by atoms with Gasteiger partial charge in [0.05, 0.1) is 12.5 Å². The van der Waals surface area contributed by atoms with E-state index in [0.717, 1.165) is 44.0 Å². The van der Waals surface area contributed by atoms with Crippen molar-refractivity contribution in [2.24, 2.45) is 5.92 Å². The van der Waals surface area contributed by atoms with Crippen molar-refractivity contribution in [1.29, 1.82) is 0 Å². The Balaban J connectivity index is 0.00000156. The number of aromatic nitrogens is 3. The molecular weight excluding hydrogens is 405 g/mol. The molecule has 0 bridgehead atoms. The fourth-order valence-electron chi connectivity index (χ4n) is 3.59. The van der Waals surface area contributed by atoms with Crippen LogP contribution in [0.25, 0.3) is 5.69 Å². The van der Waals surface area contributed by atoms with E-state index in [0.29, 0.717) is 6.04 Å². The van der Waals surface area contributed by atoms with Crippen molar-refractivity contribution in [1.82, 2.24) is 25.0 Å². The van der Waals surface area contributed by atoms with Crippen LogP contribution in [0.4, 0.5) is 0 Å². The quantitative estimate of drug-likeness (QED) is 0.760. The second-order valence-corrected chi connectivity index (χ2v) is 5.98. The largest absolute Gasteiger partial charge is 0.354 e. The molecule has 1 aromatic carbocycles. The van der Waals surface area contributed by atoms with Gasteiger partial charge in [-0.1, -0.05) is 18.2 Å². The third kappa shape index (κ3) is 3.12. The van der Waals surface area contributed by atoms with Gasteiger partial charge < -0.3 is 5.32 Å². The lowest BCUT2D eigenvalue weighted by Gasteiger charge is -2.35. The third-order valence-electron chi connectivity index (χ3n) is 4.71. The molecular formula is C16H20IN5O. The molecule has 2 fully saturated rings. The smallest absolute Gasteiger partial charge is 0.224 e. The maximum Gasteiger partial charge on any atom is 0.224 e. The van der Waals surface area contributed by atoms with Gasteiger partial charge in [0.15, 0.2) is 5.82 Å². The van der Waals surface area contributed by atoms with Gasteiger partial charge in [-0.05, 0) is 31.5 Å². The number of halogens is 1. The maximum absolute atomic E-state index is 11.9. The number of para-hydroxylation sites is 1. The molecule has 0 spiro atoms. The molecule has 2 aromatic rings. The number of piperidine rings is 1. The zero-order valence-corrected chi connectivity index (χ0v) is 15.1. The van der Waals surface area contributed by atoms with Crippen LogP contribution in [0.2, 0.25) is 0 Å². The first kappa shape index (κ1) is 16.4. The van der Waals surface area contributed by atoms with Gasteiger partial charge in [0, 0.05) is 18.3 Å². The SMILES string of the molecule is I.O=C1NC[C@@H]2[C@H]1CCCN2Cc1nncn1-c1ccccc1. The molecule has 1 amide bonds. The Morgan fingerprint density at radius 1 is 1.26 bits per heavy atom. The van der Waals surface area contributed by atoms with Crippen molar-refractivity contribution in [3.8, 4) is 5.69 Å². The van der Waals surface area contributed by atoms with Gasteiger partial charge in [0.1, 0.15) is 6.33 Å². The summed E-state index contributed by atoms with van der Waals surface area (Å²) in [5.41, 5.74) is 1.07. The first-order chi connectivity index (χ1) is 10.8. The van der Waals surface area contributed by atoms with Crippen molar-refractivity contribution in [2.45, 2.75) is 25.4 Å². The number of nitrogens with zero attached hydrogens (tertiary/aromatic N) is 4. The van der Waals surface area contributed by atoms with Crippen LogP contribution in [0.5, 0.6) is 0 Å². The molecule has 1 N–H and O–H groups in total. The van der Waals surface area contributed by atoms with Gasteiger partial charge in [-0.15, -0.1) is 34.2 Å². The number of amides is 1. The average Bonchev–Trinajstić information content (AvgIpc) is 3.16. The number of carbonyl (C=O) groups is 1. The normalized spacial score (nSPS) is 23.9. The Morgan fingerprint density at radius 3 is 2.91 bits per heavy atom. The zero-order chi connectivity index (χ0) is 14.9. The molecule has 0 aliphatic carbocycles. The van der Waals surface area contributed by atoms with E-state index in [-0.39, 0.29) is 35.8 Å². The number of hydrogen-bond acceptors (Lipinski definition) is 4. The lowest BCUT2D eigenvalue weighted by molar-refractivity contribution is -0.124. The number of benzene rings is 1. The molecule has 3 heterocycles. The van der Waals surface area contributed by atoms with Crippen molar-refractivity contribution in [3.63, 3.8) is 0 Å². The number of hydrogen-bond donors (Lipinski definition) is 1. The van der Waals surface area contributed by atoms with Gasteiger partial charge in [-0.3, -0.25) is 14.3 Å². The van der Waals surface area contributed by atoms with Crippen LogP contribution in [0.1, 0.15) is 18.7 Å². The predicted molar refractivity (Wildman–Crippen MR) is 96.7 cm³/mol. The summed E-state index contributed by atoms with van der Waals surface area (Å²) in [6.45, 7) is 2.49. The molecule has 0 saturated carbocycles. The molecule has 0 unspecified atom stereocenters. The number of fused-ring (bicyclic) bond motifs is 1. The van der Waals surface area contributed by atoms with E-state index in [9.17, 15) is 4.79 Å². The number of nitrogens with one attached hydrogen (secondary N) is 1. The van der Waals surface area contributed by atoms with Crippen LogP contribution >= 0.6 is 24.0 Å². The first-order valence-electron chi connectivity index (χ1n) is 7.79. The van der Waals surface area contributed by atoms with Crippen molar-refractivity contribution >= 4 is 29.9 Å². The van der Waals surface area contributed by atoms with Crippen LogP contribution in [0, 0.1) is 5.92 Å². The van der Waals surface area contributed by atoms with Crippen LogP contribution < -0.4 is 5.32 Å². The van der Waals surface area contributed by atoms with E-state index >= 15 is 0 Å². The molecule has 4 rings (SSSR count). The van der Waals surface area contributed by atoms with Gasteiger partial charge in [-0.25, -0.2) is 0 Å². The lowest BCUT2D eigenvalue weighted by Crippen LogP contribution is -2.45. The highest BCUT2D eigenvalue weighted by atomic mass is 127. The Hall–Kier alpha value is -1.48. The van der Waals surface area contributed by atoms with Crippen LogP contribution in [0.15, 0.2) is 36.7 Å². The summed E-state index contributed by atoms with van der Waals surface area (Å²) in [5, 5.41) is 11.3. The van der Waals surface area contributed by atoms with E-state index in [4.69, 9.17) is 0 Å². The van der Waals surface area contributed by atoms with Crippen molar-refractivity contribution in [2.75, 3.05) is 13.1 Å². The average molecular weight is 425 g/mol. The molecule has 2 aliphatic heterocycles. The second-order valence-electron chi connectivity index (χ2n) is 5.98. The van der Waals surface area contributed by atoms with E-state index in [1.165, 1.54) is 0 Å². The summed E-state index contributed by atoms with van der Waals surface area (Å²) in [6.07, 6.45) is 3.82. The molecule has 2 saturated heterocycles. The Labute approximate surface area is 152 Å². The lowest BCUT2D eigenvalue weighted by atomic mass is 9.91. The van der Waals surface area contributed by atoms with Crippen LogP contribution in [-0.2, 0) is 11.3 Å². The van der Waals surface area contributed by atoms with E-state index < -0.39 is 0 Å². The Bertz CT molecular complexity index is 674. The monoisotopic (exact) mass is 425 g/mol. The molecule has 2 aliphatic rings. The predicted octanol–water partition coefficient (Wildman–Crippen LogP) is 1.60. The summed E-state index contributed by atoms with van der Waals surface area (Å²) < 4.78 is 2.02. The summed E-state index contributed by atoms with van der Waals surface area (Å²) in [5.74, 6) is 1.27. The van der Waals surface area contributed by atoms with Gasteiger partial charge >= 0.3 is 0 Å². The molecule has 23 heavy (non-hydrogen) atoms. The van der Waals surface area contributed by atoms with E-state index in [2.05, 4.69) is 20.4 Å². The highest BCUT2D eigenvalue weighted by Gasteiger charge is 2.40. The van der Waals surface area contributed by atoms with E-state index in [1.807, 2.05) is 34.9 Å². The van der Waals surface area contributed by atoms with Crippen LogP contribution in [0.3, 0.4) is 0 Å². The number of rotatable bonds is 3. The standard InChI is InChI=1S/C16H19N5O.HI/c22-16-13-7-4-8-20(14(13)9-17-16)10-15-19-18-11-21(15)12-5-2-1-3-6-12;/h1-3,5-6,11,13-14H,4,7-10H2,(H,17,22);1H/t13-,14-;/m1./s1. The maximum atomic E-state index is 11.9. The van der Waals surface area contributed by atoms with Gasteiger partial charge in [0.2, 0.25) is 5.91 Å². The van der Waals surface area contributed by atoms with Gasteiger partial charge in [-0.2, -0.15) is 0 Å². The van der Waals surface area contributed by atoms with Crippen molar-refractivity contribution in [3.05, 3.63) is 42.5 Å². The Morgan fingerprint density at radius 2 is 2.09 bits per heavy atom. The highest BCUT2D eigenvalue weighted by Crippen LogP contribution is 2.28. The summed E-state index contributed by atoms with van der Waals surface area (Å²) >= 11 is 0. The third-order valence-corrected chi connectivity index (χ3v) is 4.71. The molecule has 6 nitrogen and oxygen atoms in total. The first-order valence-corrected chi connectivity index (χ1v) is 7.79. The number of carbonyl (C=O) groups excluding carboxylic acids is 1. The molecule has 7 heteroatoms. The fourth-order valence-corrected chi connectivity index (χ4v) is 3.59. The fraction of sp³-hybridized carbons (Fsp3) is 0.438. The highest BCUT2D eigenvalue weighted by molar-refractivity contribution is 14.0. The van der Waals surface area contributed by atoms with Crippen molar-refractivity contribution < 1.29 is 4.79 Å². The summed E-state index contributed by atoms with van der Waals surface area (Å²) in [7, 11) is 0. The molecule has 0 radical (unpaired) electrons. The minimum Gasteiger partial charge on any atom is -0.354 e. The number of likely N-dealkylation sites (tertiary alicyclic amines) is 1. The van der Waals surface area contributed by atoms with Gasteiger partial charge in [0.25, 0.3) is 0 Å². The topological polar surface area (TPSA) is 63.1 Å². The molecule has 122 valence electrons. The summed E-state index contributed by atoms with van der Waals surface area (Å²) in [4.78, 5) is 14.2. The Kier molecular flexibility index (Phi) is 4.96. The second kappa shape index (κ2) is 6.96. The minimum atomic E-state index is 0. The molecule has 1 aromatic heterocycles. The van der Waals surface area contributed by atoms with Crippen LogP contribution in [-0.4, -0.2) is 44.7 Å². The minimum absolute atomic E-state index is 0. The molecule has 2 atom stereocenters. The zero-order valence-electron chi connectivity index (χ0n) is 12.8. The summed E-state index contributed by atoms with van der Waals surface area (Å²) in [6, 6.07) is 10.4.